The van der Waals surface area contributed by atoms with Gasteiger partial charge in [-0.3, -0.25) is 4.68 Å². The number of ether oxygens (including phenoxy) is 2. The predicted octanol–water partition coefficient (Wildman–Crippen LogP) is 5.23. The van der Waals surface area contributed by atoms with E-state index in [0.29, 0.717) is 23.4 Å². The first-order chi connectivity index (χ1) is 14.3. The second-order valence-corrected chi connectivity index (χ2v) is 9.16. The summed E-state index contributed by atoms with van der Waals surface area (Å²) in [5.41, 5.74) is 1.23. The number of thiophene rings is 1. The second kappa shape index (κ2) is 8.41. The SMILES string of the molecule is CC(C)(OCc1cc(-c2cc(OC3CC3)cs2)n(Cc2ccccc2Cl)n1)C(=O)O. The molecule has 0 atom stereocenters. The number of aliphatic carboxylic acids is 1. The van der Waals surface area contributed by atoms with Crippen LogP contribution in [0.15, 0.2) is 41.8 Å². The number of hydrogen-bond acceptors (Lipinski definition) is 5. The van der Waals surface area contributed by atoms with Gasteiger partial charge in [-0.25, -0.2) is 4.79 Å². The Bertz CT molecular complexity index is 1060. The number of nitrogens with zero attached hydrogens (tertiary/aromatic N) is 2. The van der Waals surface area contributed by atoms with Gasteiger partial charge < -0.3 is 14.6 Å². The minimum absolute atomic E-state index is 0.0959. The van der Waals surface area contributed by atoms with Crippen LogP contribution in [-0.4, -0.2) is 32.6 Å². The van der Waals surface area contributed by atoms with Crippen molar-refractivity contribution >= 4 is 28.9 Å². The van der Waals surface area contributed by atoms with Gasteiger partial charge in [0, 0.05) is 16.5 Å². The molecule has 0 aliphatic heterocycles. The van der Waals surface area contributed by atoms with E-state index in [0.717, 1.165) is 34.7 Å². The molecule has 1 aliphatic carbocycles. The molecule has 0 unspecified atom stereocenters. The third-order valence-electron chi connectivity index (χ3n) is 4.86. The quantitative estimate of drug-likeness (QED) is 0.487. The molecule has 158 valence electrons. The normalized spacial score (nSPS) is 14.1. The molecule has 1 aromatic carbocycles. The van der Waals surface area contributed by atoms with Gasteiger partial charge in [0.25, 0.3) is 0 Å². The average Bonchev–Trinajstić information content (AvgIpc) is 3.23. The van der Waals surface area contributed by atoms with Crippen LogP contribution in [0.2, 0.25) is 5.02 Å². The van der Waals surface area contributed by atoms with Crippen molar-refractivity contribution in [1.29, 1.82) is 0 Å². The highest BCUT2D eigenvalue weighted by molar-refractivity contribution is 7.13. The lowest BCUT2D eigenvalue weighted by atomic mass is 10.1. The van der Waals surface area contributed by atoms with Crippen LogP contribution in [0.1, 0.15) is 37.9 Å². The first-order valence-corrected chi connectivity index (χ1v) is 11.0. The maximum atomic E-state index is 11.3. The molecule has 8 heteroatoms. The summed E-state index contributed by atoms with van der Waals surface area (Å²) < 4.78 is 13.4. The first kappa shape index (κ1) is 20.9. The van der Waals surface area contributed by atoms with Gasteiger partial charge in [-0.05, 0) is 44.4 Å². The number of carboxylic acid groups (broad SMARTS) is 1. The number of aromatic nitrogens is 2. The Labute approximate surface area is 184 Å². The maximum absolute atomic E-state index is 11.3. The number of rotatable bonds is 9. The van der Waals surface area contributed by atoms with Crippen molar-refractivity contribution in [2.24, 2.45) is 0 Å². The molecule has 4 rings (SSSR count). The monoisotopic (exact) mass is 446 g/mol. The van der Waals surface area contributed by atoms with Gasteiger partial charge in [0.2, 0.25) is 0 Å². The molecule has 1 saturated carbocycles. The lowest BCUT2D eigenvalue weighted by molar-refractivity contribution is -0.162. The second-order valence-electron chi connectivity index (χ2n) is 7.84. The van der Waals surface area contributed by atoms with E-state index in [1.54, 1.807) is 11.3 Å². The van der Waals surface area contributed by atoms with Crippen molar-refractivity contribution in [2.45, 2.75) is 51.5 Å². The standard InChI is InChI=1S/C22H23ClN2O4S/c1-22(2,21(26)27)28-12-15-9-19(20-10-17(13-30-20)29-16-7-8-16)25(24-15)11-14-5-3-4-6-18(14)23/h3-6,9-10,13,16H,7-8,11-12H2,1-2H3,(H,26,27). The van der Waals surface area contributed by atoms with Crippen molar-refractivity contribution in [3.63, 3.8) is 0 Å². The molecular formula is C22H23ClN2O4S. The van der Waals surface area contributed by atoms with Crippen molar-refractivity contribution in [2.75, 3.05) is 0 Å². The Morgan fingerprint density at radius 1 is 1.33 bits per heavy atom. The highest BCUT2D eigenvalue weighted by Crippen LogP contribution is 2.35. The minimum atomic E-state index is -1.29. The number of carbonyl (C=O) groups is 1. The Kier molecular flexibility index (Phi) is 5.86. The van der Waals surface area contributed by atoms with Crippen LogP contribution < -0.4 is 4.74 Å². The van der Waals surface area contributed by atoms with Crippen molar-refractivity contribution in [1.82, 2.24) is 9.78 Å². The summed E-state index contributed by atoms with van der Waals surface area (Å²) in [6.45, 7) is 3.64. The fourth-order valence-electron chi connectivity index (χ4n) is 2.86. The molecule has 0 radical (unpaired) electrons. The minimum Gasteiger partial charge on any atom is -0.490 e. The summed E-state index contributed by atoms with van der Waals surface area (Å²) >= 11 is 7.94. The predicted molar refractivity (Wildman–Crippen MR) is 116 cm³/mol. The zero-order valence-electron chi connectivity index (χ0n) is 16.8. The Hall–Kier alpha value is -2.35. The van der Waals surface area contributed by atoms with Gasteiger partial charge in [-0.1, -0.05) is 29.8 Å². The smallest absolute Gasteiger partial charge is 0.335 e. The molecule has 1 N–H and O–H groups in total. The van der Waals surface area contributed by atoms with E-state index < -0.39 is 11.6 Å². The Morgan fingerprint density at radius 2 is 2.10 bits per heavy atom. The van der Waals surface area contributed by atoms with Gasteiger partial charge >= 0.3 is 5.97 Å². The molecule has 2 aromatic heterocycles. The lowest BCUT2D eigenvalue weighted by Crippen LogP contribution is -2.34. The van der Waals surface area contributed by atoms with Crippen LogP contribution in [0.5, 0.6) is 5.75 Å². The van der Waals surface area contributed by atoms with E-state index >= 15 is 0 Å². The zero-order valence-corrected chi connectivity index (χ0v) is 18.4. The summed E-state index contributed by atoms with van der Waals surface area (Å²) in [6, 6.07) is 11.6. The highest BCUT2D eigenvalue weighted by atomic mass is 35.5. The molecule has 0 bridgehead atoms. The van der Waals surface area contributed by atoms with Crippen molar-refractivity contribution < 1.29 is 19.4 Å². The molecular weight excluding hydrogens is 424 g/mol. The van der Waals surface area contributed by atoms with Crippen LogP contribution in [0.3, 0.4) is 0 Å². The third-order valence-corrected chi connectivity index (χ3v) is 6.16. The van der Waals surface area contributed by atoms with Crippen LogP contribution in [0.4, 0.5) is 0 Å². The van der Waals surface area contributed by atoms with Crippen molar-refractivity contribution in [3.8, 4) is 16.3 Å². The van der Waals surface area contributed by atoms with Crippen LogP contribution >= 0.6 is 22.9 Å². The fourth-order valence-corrected chi connectivity index (χ4v) is 3.89. The molecule has 30 heavy (non-hydrogen) atoms. The van der Waals surface area contributed by atoms with Gasteiger partial charge in [0.05, 0.1) is 35.5 Å². The van der Waals surface area contributed by atoms with E-state index in [1.165, 1.54) is 13.8 Å². The van der Waals surface area contributed by atoms with Gasteiger partial charge in [0.1, 0.15) is 5.75 Å². The summed E-state index contributed by atoms with van der Waals surface area (Å²) in [4.78, 5) is 12.4. The summed E-state index contributed by atoms with van der Waals surface area (Å²) in [5.74, 6) is -0.147. The van der Waals surface area contributed by atoms with E-state index in [2.05, 4.69) is 5.10 Å². The molecule has 2 heterocycles. The zero-order chi connectivity index (χ0) is 21.3. The van der Waals surface area contributed by atoms with Crippen LogP contribution in [-0.2, 0) is 22.7 Å². The van der Waals surface area contributed by atoms with Crippen molar-refractivity contribution in [3.05, 3.63) is 58.1 Å². The van der Waals surface area contributed by atoms with Gasteiger partial charge in [0.15, 0.2) is 5.60 Å². The van der Waals surface area contributed by atoms with Crippen LogP contribution in [0, 0.1) is 0 Å². The molecule has 1 fully saturated rings. The maximum Gasteiger partial charge on any atom is 0.335 e. The Balaban J connectivity index is 1.62. The summed E-state index contributed by atoms with van der Waals surface area (Å²) in [7, 11) is 0. The van der Waals surface area contributed by atoms with E-state index in [-0.39, 0.29) is 6.61 Å². The average molecular weight is 447 g/mol. The third kappa shape index (κ3) is 4.86. The number of carboxylic acids is 1. The van der Waals surface area contributed by atoms with Gasteiger partial charge in [-0.2, -0.15) is 5.10 Å². The largest absolute Gasteiger partial charge is 0.490 e. The van der Waals surface area contributed by atoms with Gasteiger partial charge in [-0.15, -0.1) is 11.3 Å². The molecule has 0 spiro atoms. The molecule has 1 aliphatic rings. The Morgan fingerprint density at radius 3 is 2.80 bits per heavy atom. The summed E-state index contributed by atoms with van der Waals surface area (Å²) in [6.07, 6.45) is 2.55. The lowest BCUT2D eigenvalue weighted by Gasteiger charge is -2.19. The highest BCUT2D eigenvalue weighted by Gasteiger charge is 2.28. The fraction of sp³-hybridized carbons (Fsp3) is 0.364. The topological polar surface area (TPSA) is 73.6 Å². The molecule has 0 saturated heterocycles. The van der Waals surface area contributed by atoms with E-state index in [4.69, 9.17) is 21.1 Å². The number of benzene rings is 1. The number of hydrogen-bond donors (Lipinski definition) is 1. The van der Waals surface area contributed by atoms with Crippen LogP contribution in [0.25, 0.3) is 10.6 Å². The molecule has 3 aromatic rings. The summed E-state index contributed by atoms with van der Waals surface area (Å²) in [5, 5.41) is 16.6. The van der Waals surface area contributed by atoms with E-state index in [1.807, 2.05) is 46.5 Å². The first-order valence-electron chi connectivity index (χ1n) is 9.75. The molecule has 0 amide bonds. The molecule has 6 nitrogen and oxygen atoms in total. The van der Waals surface area contributed by atoms with E-state index in [9.17, 15) is 9.90 Å². The number of halogens is 1.